The van der Waals surface area contributed by atoms with Gasteiger partial charge in [-0.05, 0) is 30.7 Å². The van der Waals surface area contributed by atoms with Gasteiger partial charge in [-0.3, -0.25) is 0 Å². The van der Waals surface area contributed by atoms with Gasteiger partial charge in [0.2, 0.25) is 0 Å². The minimum Gasteiger partial charge on any atom is -0.478 e. The van der Waals surface area contributed by atoms with Crippen molar-refractivity contribution >= 4 is 11.7 Å². The first-order valence-corrected chi connectivity index (χ1v) is 4.69. The first kappa shape index (κ1) is 10.6. The molecule has 14 heavy (non-hydrogen) atoms. The maximum atomic E-state index is 10.6. The van der Waals surface area contributed by atoms with E-state index in [0.29, 0.717) is 5.56 Å². The number of anilines is 1. The molecule has 1 N–H and O–H groups in total. The van der Waals surface area contributed by atoms with Gasteiger partial charge in [-0.15, -0.1) is 0 Å². The molecule has 0 bridgehead atoms. The Morgan fingerprint density at radius 1 is 1.36 bits per heavy atom. The van der Waals surface area contributed by atoms with Crippen LogP contribution in [0.15, 0.2) is 24.3 Å². The lowest BCUT2D eigenvalue weighted by molar-refractivity contribution is 0.0697. The molecule has 76 valence electrons. The fourth-order valence-corrected chi connectivity index (χ4v) is 1.32. The van der Waals surface area contributed by atoms with Crippen LogP contribution >= 0.6 is 0 Å². The number of benzene rings is 1. The van der Waals surface area contributed by atoms with Crippen molar-refractivity contribution in [1.29, 1.82) is 0 Å². The van der Waals surface area contributed by atoms with Gasteiger partial charge in [0.25, 0.3) is 0 Å². The van der Waals surface area contributed by atoms with Gasteiger partial charge >= 0.3 is 5.97 Å². The molecule has 1 rings (SSSR count). The SMILES string of the molecule is CCCN(C)c1ccc(C(=O)O)cc1. The number of carbonyl (C=O) groups is 1. The van der Waals surface area contributed by atoms with E-state index >= 15 is 0 Å². The maximum Gasteiger partial charge on any atom is 0.335 e. The van der Waals surface area contributed by atoms with Crippen LogP contribution in [0.25, 0.3) is 0 Å². The van der Waals surface area contributed by atoms with Crippen LogP contribution in [0.4, 0.5) is 5.69 Å². The van der Waals surface area contributed by atoms with Crippen LogP contribution in [-0.2, 0) is 0 Å². The molecule has 0 fully saturated rings. The van der Waals surface area contributed by atoms with Crippen molar-refractivity contribution in [3.05, 3.63) is 29.8 Å². The zero-order valence-electron chi connectivity index (χ0n) is 8.53. The average molecular weight is 193 g/mol. The predicted molar refractivity (Wildman–Crippen MR) is 57.0 cm³/mol. The summed E-state index contributed by atoms with van der Waals surface area (Å²) in [5.41, 5.74) is 1.38. The molecule has 0 radical (unpaired) electrons. The minimum absolute atomic E-state index is 0.332. The second-order valence-corrected chi connectivity index (χ2v) is 3.27. The Labute approximate surface area is 84.0 Å². The van der Waals surface area contributed by atoms with E-state index in [9.17, 15) is 4.79 Å². The van der Waals surface area contributed by atoms with Crippen molar-refractivity contribution in [2.75, 3.05) is 18.5 Å². The zero-order chi connectivity index (χ0) is 10.6. The Hall–Kier alpha value is -1.51. The summed E-state index contributed by atoms with van der Waals surface area (Å²) in [6.07, 6.45) is 1.08. The number of nitrogens with zero attached hydrogens (tertiary/aromatic N) is 1. The molecule has 0 amide bonds. The highest BCUT2D eigenvalue weighted by atomic mass is 16.4. The summed E-state index contributed by atoms with van der Waals surface area (Å²) in [6, 6.07) is 6.92. The number of hydrogen-bond donors (Lipinski definition) is 1. The quantitative estimate of drug-likeness (QED) is 0.797. The van der Waals surface area contributed by atoms with Gasteiger partial charge in [0.05, 0.1) is 5.56 Å². The van der Waals surface area contributed by atoms with Crippen LogP contribution in [0.2, 0.25) is 0 Å². The zero-order valence-corrected chi connectivity index (χ0v) is 8.53. The highest BCUT2D eigenvalue weighted by Crippen LogP contribution is 2.13. The lowest BCUT2D eigenvalue weighted by Crippen LogP contribution is -2.17. The van der Waals surface area contributed by atoms with Gasteiger partial charge < -0.3 is 10.0 Å². The summed E-state index contributed by atoms with van der Waals surface area (Å²) in [5, 5.41) is 8.70. The smallest absolute Gasteiger partial charge is 0.335 e. The van der Waals surface area contributed by atoms with E-state index in [1.165, 1.54) is 0 Å². The number of carboxylic acids is 1. The van der Waals surface area contributed by atoms with Crippen molar-refractivity contribution < 1.29 is 9.90 Å². The van der Waals surface area contributed by atoms with Crippen molar-refractivity contribution in [3.8, 4) is 0 Å². The normalized spacial score (nSPS) is 9.86. The lowest BCUT2D eigenvalue weighted by Gasteiger charge is -2.18. The van der Waals surface area contributed by atoms with Crippen molar-refractivity contribution in [1.82, 2.24) is 0 Å². The molecule has 0 aromatic heterocycles. The molecule has 3 heteroatoms. The van der Waals surface area contributed by atoms with Crippen LogP contribution in [0.5, 0.6) is 0 Å². The van der Waals surface area contributed by atoms with Gasteiger partial charge in [0, 0.05) is 19.3 Å². The molecule has 0 heterocycles. The molecule has 0 aliphatic rings. The van der Waals surface area contributed by atoms with E-state index in [0.717, 1.165) is 18.7 Å². The van der Waals surface area contributed by atoms with Gasteiger partial charge in [-0.25, -0.2) is 4.79 Å². The topological polar surface area (TPSA) is 40.5 Å². The third-order valence-electron chi connectivity index (χ3n) is 2.11. The Bertz CT molecular complexity index is 306. The molecule has 1 aromatic rings. The fraction of sp³-hybridized carbons (Fsp3) is 0.364. The summed E-state index contributed by atoms with van der Waals surface area (Å²) in [6.45, 7) is 3.09. The molecule has 0 unspecified atom stereocenters. The van der Waals surface area contributed by atoms with E-state index < -0.39 is 5.97 Å². The van der Waals surface area contributed by atoms with Crippen LogP contribution in [0, 0.1) is 0 Å². The third-order valence-corrected chi connectivity index (χ3v) is 2.11. The number of aromatic carboxylic acids is 1. The van der Waals surface area contributed by atoms with Crippen molar-refractivity contribution in [3.63, 3.8) is 0 Å². The number of rotatable bonds is 4. The molecule has 0 aliphatic heterocycles. The first-order valence-electron chi connectivity index (χ1n) is 4.69. The molecular weight excluding hydrogens is 178 g/mol. The Morgan fingerprint density at radius 2 is 1.93 bits per heavy atom. The standard InChI is InChI=1S/C11H15NO2/c1-3-8-12(2)10-6-4-9(5-7-10)11(13)14/h4-7H,3,8H2,1-2H3,(H,13,14). The molecular formula is C11H15NO2. The fourth-order valence-electron chi connectivity index (χ4n) is 1.32. The van der Waals surface area contributed by atoms with Crippen LogP contribution < -0.4 is 4.90 Å². The van der Waals surface area contributed by atoms with E-state index in [1.807, 2.05) is 19.2 Å². The van der Waals surface area contributed by atoms with Gasteiger partial charge in [-0.1, -0.05) is 6.92 Å². The summed E-state index contributed by atoms with van der Waals surface area (Å²) in [7, 11) is 2.00. The minimum atomic E-state index is -0.880. The second-order valence-electron chi connectivity index (χ2n) is 3.27. The largest absolute Gasteiger partial charge is 0.478 e. The first-order chi connectivity index (χ1) is 6.65. The van der Waals surface area contributed by atoms with E-state index in [1.54, 1.807) is 12.1 Å². The van der Waals surface area contributed by atoms with Gasteiger partial charge in [0.15, 0.2) is 0 Å². The van der Waals surface area contributed by atoms with E-state index in [-0.39, 0.29) is 0 Å². The summed E-state index contributed by atoms with van der Waals surface area (Å²) >= 11 is 0. The Morgan fingerprint density at radius 3 is 2.36 bits per heavy atom. The summed E-state index contributed by atoms with van der Waals surface area (Å²) in [4.78, 5) is 12.7. The maximum absolute atomic E-state index is 10.6. The molecule has 0 atom stereocenters. The number of hydrogen-bond acceptors (Lipinski definition) is 2. The predicted octanol–water partition coefficient (Wildman–Crippen LogP) is 2.23. The van der Waals surface area contributed by atoms with Gasteiger partial charge in [-0.2, -0.15) is 0 Å². The molecule has 1 aromatic carbocycles. The molecule has 0 saturated carbocycles. The van der Waals surface area contributed by atoms with Gasteiger partial charge in [0.1, 0.15) is 0 Å². The van der Waals surface area contributed by atoms with E-state index in [2.05, 4.69) is 11.8 Å². The van der Waals surface area contributed by atoms with Crippen LogP contribution in [-0.4, -0.2) is 24.7 Å². The second kappa shape index (κ2) is 4.65. The Kier molecular flexibility index (Phi) is 3.51. The third kappa shape index (κ3) is 2.49. The number of carboxylic acid groups (broad SMARTS) is 1. The van der Waals surface area contributed by atoms with Crippen LogP contribution in [0.3, 0.4) is 0 Å². The van der Waals surface area contributed by atoms with Crippen molar-refractivity contribution in [2.24, 2.45) is 0 Å². The monoisotopic (exact) mass is 193 g/mol. The van der Waals surface area contributed by atoms with Crippen LogP contribution in [0.1, 0.15) is 23.7 Å². The molecule has 0 aliphatic carbocycles. The average Bonchev–Trinajstić information content (AvgIpc) is 2.18. The van der Waals surface area contributed by atoms with E-state index in [4.69, 9.17) is 5.11 Å². The Balaban J connectivity index is 2.77. The highest BCUT2D eigenvalue weighted by molar-refractivity contribution is 5.88. The summed E-state index contributed by atoms with van der Waals surface area (Å²) in [5.74, 6) is -0.880. The highest BCUT2D eigenvalue weighted by Gasteiger charge is 2.03. The lowest BCUT2D eigenvalue weighted by atomic mass is 10.2. The summed E-state index contributed by atoms with van der Waals surface area (Å²) < 4.78 is 0. The molecule has 0 spiro atoms. The molecule has 0 saturated heterocycles. The molecule has 3 nitrogen and oxygen atoms in total. The van der Waals surface area contributed by atoms with Crippen molar-refractivity contribution in [2.45, 2.75) is 13.3 Å².